The van der Waals surface area contributed by atoms with E-state index in [1.165, 1.54) is 4.90 Å². The van der Waals surface area contributed by atoms with Crippen LogP contribution in [-0.4, -0.2) is 65.3 Å². The number of hydrogen-bond donors (Lipinski definition) is 1. The molecular formula is C35H34N2O6. The first kappa shape index (κ1) is 27.6. The van der Waals surface area contributed by atoms with Crippen LogP contribution in [0.25, 0.3) is 10.8 Å². The number of cyclic esters (lactones) is 1. The third-order valence-electron chi connectivity index (χ3n) is 9.28. The number of amides is 2. The van der Waals surface area contributed by atoms with Gasteiger partial charge >= 0.3 is 5.97 Å². The lowest BCUT2D eigenvalue weighted by Crippen LogP contribution is -2.56. The number of aliphatic hydroxyl groups is 1. The van der Waals surface area contributed by atoms with E-state index in [0.717, 1.165) is 30.0 Å². The fourth-order valence-corrected chi connectivity index (χ4v) is 7.30. The molecule has 3 aromatic rings. The lowest BCUT2D eigenvalue weighted by Gasteiger charge is -2.38. The number of anilines is 1. The number of likely N-dealkylation sites (tertiary alicyclic amines) is 1. The summed E-state index contributed by atoms with van der Waals surface area (Å²) in [6.45, 7) is 0.128. The minimum absolute atomic E-state index is 0.262. The molecule has 0 saturated carbocycles. The van der Waals surface area contributed by atoms with Crippen LogP contribution in [0.15, 0.2) is 97.1 Å². The van der Waals surface area contributed by atoms with E-state index in [9.17, 15) is 19.5 Å². The van der Waals surface area contributed by atoms with Crippen LogP contribution < -0.4 is 4.90 Å². The van der Waals surface area contributed by atoms with Gasteiger partial charge in [0.1, 0.15) is 17.6 Å². The van der Waals surface area contributed by atoms with Crippen molar-refractivity contribution < 1.29 is 29.0 Å². The Morgan fingerprint density at radius 3 is 2.51 bits per heavy atom. The second-order valence-corrected chi connectivity index (χ2v) is 11.7. The summed E-state index contributed by atoms with van der Waals surface area (Å²) in [6.07, 6.45) is 9.20. The van der Waals surface area contributed by atoms with Gasteiger partial charge in [-0.05, 0) is 47.7 Å². The molecule has 4 aliphatic rings. The Bertz CT molecular complexity index is 1620. The molecule has 2 saturated heterocycles. The number of carbonyl (C=O) groups is 3. The maximum absolute atomic E-state index is 14.8. The van der Waals surface area contributed by atoms with Gasteiger partial charge in [0.15, 0.2) is 0 Å². The number of esters is 1. The van der Waals surface area contributed by atoms with E-state index in [-0.39, 0.29) is 19.1 Å². The van der Waals surface area contributed by atoms with E-state index < -0.39 is 54.1 Å². The monoisotopic (exact) mass is 578 g/mol. The lowest BCUT2D eigenvalue weighted by molar-refractivity contribution is -0.155. The van der Waals surface area contributed by atoms with Gasteiger partial charge in [-0.2, -0.15) is 0 Å². The van der Waals surface area contributed by atoms with Crippen LogP contribution in [0.4, 0.5) is 5.69 Å². The maximum atomic E-state index is 14.8. The highest BCUT2D eigenvalue weighted by molar-refractivity contribution is 6.06. The number of allylic oxidation sites excluding steroid dienone is 1. The smallest absolute Gasteiger partial charge is 0.312 e. The number of nitrogens with zero attached hydrogens (tertiary/aromatic N) is 2. The fourth-order valence-electron chi connectivity index (χ4n) is 7.30. The number of hydrogen-bond acceptors (Lipinski definition) is 6. The molecule has 3 aromatic carbocycles. The second kappa shape index (κ2) is 11.1. The van der Waals surface area contributed by atoms with Crippen molar-refractivity contribution in [2.24, 2.45) is 11.8 Å². The van der Waals surface area contributed by atoms with Crippen molar-refractivity contribution in [2.75, 3.05) is 24.7 Å². The van der Waals surface area contributed by atoms with E-state index in [1.54, 1.807) is 4.90 Å². The molecule has 43 heavy (non-hydrogen) atoms. The average molecular weight is 579 g/mol. The molecular weight excluding hydrogens is 544 g/mol. The molecule has 6 atom stereocenters. The highest BCUT2D eigenvalue weighted by Crippen LogP contribution is 2.55. The number of carbonyl (C=O) groups excluding carboxylic acids is 3. The van der Waals surface area contributed by atoms with Gasteiger partial charge in [0, 0.05) is 12.2 Å². The quantitative estimate of drug-likeness (QED) is 0.366. The van der Waals surface area contributed by atoms with Crippen molar-refractivity contribution in [3.05, 3.63) is 103 Å². The summed E-state index contributed by atoms with van der Waals surface area (Å²) in [5.41, 5.74) is -0.0381. The Morgan fingerprint density at radius 1 is 0.907 bits per heavy atom. The zero-order valence-electron chi connectivity index (χ0n) is 23.7. The van der Waals surface area contributed by atoms with Crippen LogP contribution in [0.3, 0.4) is 0 Å². The van der Waals surface area contributed by atoms with Gasteiger partial charge < -0.3 is 24.4 Å². The Kier molecular flexibility index (Phi) is 7.11. The minimum Gasteiger partial charge on any atom is -0.465 e. The number of rotatable bonds is 4. The molecule has 2 amide bonds. The molecule has 2 fully saturated rings. The van der Waals surface area contributed by atoms with Crippen molar-refractivity contribution >= 4 is 34.2 Å². The summed E-state index contributed by atoms with van der Waals surface area (Å²) in [6, 6.07) is 21.0. The van der Waals surface area contributed by atoms with Crippen LogP contribution in [0.2, 0.25) is 0 Å². The standard InChI is InChI=1S/C35H34N2O6/c38-22-27(24-12-4-3-5-13-24)37-31-33(40)36(26-17-16-23-11-7-8-14-25(23)21-26)19-10-18-35(31)30(32(37)39)29-28(43-35)15-6-1-2-9-20-42-34(29)41/h3-8,10-18,21,27-31,38H,1-2,9,19-20,22H2/b15-6-/t27-,28+,29-,30+,31?,35+/m1/s1. The summed E-state index contributed by atoms with van der Waals surface area (Å²) >= 11 is 0. The van der Waals surface area contributed by atoms with Crippen LogP contribution in [0.1, 0.15) is 30.9 Å². The Hall–Kier alpha value is -4.27. The molecule has 4 aliphatic heterocycles. The van der Waals surface area contributed by atoms with E-state index >= 15 is 0 Å². The minimum atomic E-state index is -1.42. The summed E-state index contributed by atoms with van der Waals surface area (Å²) in [7, 11) is 0. The zero-order chi connectivity index (χ0) is 29.6. The van der Waals surface area contributed by atoms with Gasteiger partial charge in [-0.15, -0.1) is 0 Å². The van der Waals surface area contributed by atoms with Crippen LogP contribution in [-0.2, 0) is 23.9 Å². The van der Waals surface area contributed by atoms with Crippen LogP contribution >= 0.6 is 0 Å². The lowest BCUT2D eigenvalue weighted by atomic mass is 9.78. The molecule has 1 spiro atoms. The largest absolute Gasteiger partial charge is 0.465 e. The van der Waals surface area contributed by atoms with Gasteiger partial charge in [0.25, 0.3) is 5.91 Å². The van der Waals surface area contributed by atoms with Gasteiger partial charge in [0.2, 0.25) is 5.91 Å². The Balaban J connectivity index is 1.38. The van der Waals surface area contributed by atoms with Gasteiger partial charge in [-0.1, -0.05) is 85.0 Å². The topological polar surface area (TPSA) is 96.4 Å². The zero-order valence-corrected chi connectivity index (χ0v) is 23.7. The van der Waals surface area contributed by atoms with Crippen molar-refractivity contribution in [3.8, 4) is 0 Å². The third kappa shape index (κ3) is 4.48. The summed E-state index contributed by atoms with van der Waals surface area (Å²) in [5, 5.41) is 12.8. The summed E-state index contributed by atoms with van der Waals surface area (Å²) < 4.78 is 12.4. The fraction of sp³-hybridized carbons (Fsp3) is 0.343. The van der Waals surface area contributed by atoms with Gasteiger partial charge in [-0.3, -0.25) is 14.4 Å². The predicted molar refractivity (Wildman–Crippen MR) is 161 cm³/mol. The summed E-state index contributed by atoms with van der Waals surface area (Å²) in [4.78, 5) is 46.2. The normalized spacial score (nSPS) is 30.3. The molecule has 0 aliphatic carbocycles. The molecule has 1 unspecified atom stereocenters. The first-order chi connectivity index (χ1) is 21.0. The first-order valence-corrected chi connectivity index (χ1v) is 15.0. The number of aliphatic hydroxyl groups excluding tert-OH is 1. The number of fused-ring (bicyclic) bond motifs is 3. The predicted octanol–water partition coefficient (Wildman–Crippen LogP) is 4.34. The van der Waals surface area contributed by atoms with E-state index in [4.69, 9.17) is 9.47 Å². The Labute approximate surface area is 250 Å². The summed E-state index contributed by atoms with van der Waals surface area (Å²) in [5.74, 6) is -3.14. The first-order valence-electron chi connectivity index (χ1n) is 15.0. The number of ether oxygens (including phenoxy) is 2. The molecule has 4 heterocycles. The van der Waals surface area contributed by atoms with E-state index in [1.807, 2.05) is 97.1 Å². The molecule has 220 valence electrons. The average Bonchev–Trinajstić information content (AvgIpc) is 3.42. The number of benzene rings is 3. The molecule has 8 nitrogen and oxygen atoms in total. The van der Waals surface area contributed by atoms with Gasteiger partial charge in [-0.25, -0.2) is 0 Å². The maximum Gasteiger partial charge on any atom is 0.312 e. The Morgan fingerprint density at radius 2 is 1.70 bits per heavy atom. The van der Waals surface area contributed by atoms with Crippen LogP contribution in [0, 0.1) is 11.8 Å². The van der Waals surface area contributed by atoms with E-state index in [2.05, 4.69) is 0 Å². The van der Waals surface area contributed by atoms with Crippen molar-refractivity contribution in [3.63, 3.8) is 0 Å². The highest BCUT2D eigenvalue weighted by atomic mass is 16.6. The van der Waals surface area contributed by atoms with E-state index in [0.29, 0.717) is 11.3 Å². The molecule has 8 heteroatoms. The third-order valence-corrected chi connectivity index (χ3v) is 9.28. The van der Waals surface area contributed by atoms with Gasteiger partial charge in [0.05, 0.1) is 31.3 Å². The van der Waals surface area contributed by atoms with Crippen molar-refractivity contribution in [1.82, 2.24) is 4.90 Å². The van der Waals surface area contributed by atoms with Crippen molar-refractivity contribution in [2.45, 2.75) is 43.1 Å². The molecule has 1 N–H and O–H groups in total. The molecule has 7 rings (SSSR count). The van der Waals surface area contributed by atoms with Crippen molar-refractivity contribution in [1.29, 1.82) is 0 Å². The highest BCUT2D eigenvalue weighted by Gasteiger charge is 2.72. The molecule has 0 bridgehead atoms. The SMILES string of the molecule is O=C1OCCCC/C=C\[C@@H]2O[C@]34C=CCN(c5ccc6ccccc6c5)C(=O)C3N([C@H](CO)c3ccccc3)C(=O)[C@@H]4[C@H]12. The molecule has 0 aromatic heterocycles. The van der Waals surface area contributed by atoms with Crippen LogP contribution in [0.5, 0.6) is 0 Å². The molecule has 0 radical (unpaired) electrons. The second-order valence-electron chi connectivity index (χ2n) is 11.7.